The van der Waals surface area contributed by atoms with Crippen molar-refractivity contribution in [2.45, 2.75) is 12.8 Å². The van der Waals surface area contributed by atoms with Crippen LogP contribution in [0.5, 0.6) is 0 Å². The van der Waals surface area contributed by atoms with Gasteiger partial charge in [-0.1, -0.05) is 0 Å². The van der Waals surface area contributed by atoms with Gasteiger partial charge in [-0.05, 0) is 37.6 Å². The highest BCUT2D eigenvalue weighted by Gasteiger charge is 2.09. The zero-order valence-electron chi connectivity index (χ0n) is 5.47. The Morgan fingerprint density at radius 2 is 2.33 bits per heavy atom. The molecule has 0 amide bonds. The third-order valence-corrected chi connectivity index (χ3v) is 2.17. The third kappa shape index (κ3) is 3.33. The molecule has 0 saturated carbocycles. The van der Waals surface area contributed by atoms with Crippen LogP contribution in [0.3, 0.4) is 0 Å². The van der Waals surface area contributed by atoms with Gasteiger partial charge >= 0.3 is 0 Å². The molecule has 1 fully saturated rings. The lowest BCUT2D eigenvalue weighted by Crippen LogP contribution is -2.30. The number of hydrogen-bond donors (Lipinski definition) is 2. The van der Waals surface area contributed by atoms with Gasteiger partial charge in [0.1, 0.15) is 0 Å². The molecule has 0 aliphatic carbocycles. The SMILES string of the molecule is Cl.SC[C@H]1CCCNC1. The van der Waals surface area contributed by atoms with Crippen LogP contribution in [0.15, 0.2) is 0 Å². The average molecular weight is 168 g/mol. The topological polar surface area (TPSA) is 12.0 Å². The summed E-state index contributed by atoms with van der Waals surface area (Å²) < 4.78 is 0. The van der Waals surface area contributed by atoms with Gasteiger partial charge in [0.2, 0.25) is 0 Å². The standard InChI is InChI=1S/C6H13NS.ClH/c8-5-6-2-1-3-7-4-6;/h6-8H,1-5H2;1H/t6-;/m0./s1. The lowest BCUT2D eigenvalue weighted by Gasteiger charge is -2.20. The first-order chi connectivity index (χ1) is 3.93. The molecule has 9 heavy (non-hydrogen) atoms. The van der Waals surface area contributed by atoms with Crippen molar-refractivity contribution in [2.75, 3.05) is 18.8 Å². The number of thiol groups is 1. The normalized spacial score (nSPS) is 27.0. The molecule has 3 heteroatoms. The van der Waals surface area contributed by atoms with Crippen LogP contribution in [-0.4, -0.2) is 18.8 Å². The fraction of sp³-hybridized carbons (Fsp3) is 1.00. The number of nitrogens with one attached hydrogen (secondary N) is 1. The molecule has 1 atom stereocenters. The number of hydrogen-bond acceptors (Lipinski definition) is 2. The number of rotatable bonds is 1. The van der Waals surface area contributed by atoms with Crippen molar-refractivity contribution in [1.82, 2.24) is 5.32 Å². The van der Waals surface area contributed by atoms with E-state index in [1.807, 2.05) is 0 Å². The van der Waals surface area contributed by atoms with E-state index in [9.17, 15) is 0 Å². The second-order valence-corrected chi connectivity index (χ2v) is 2.76. The predicted octanol–water partition coefficient (Wildman–Crippen LogP) is 1.34. The zero-order chi connectivity index (χ0) is 5.82. The Morgan fingerprint density at radius 1 is 1.56 bits per heavy atom. The maximum absolute atomic E-state index is 4.22. The maximum Gasteiger partial charge on any atom is -0.00127 e. The van der Waals surface area contributed by atoms with Crippen molar-refractivity contribution in [3.05, 3.63) is 0 Å². The van der Waals surface area contributed by atoms with E-state index in [-0.39, 0.29) is 12.4 Å². The molecule has 0 aromatic carbocycles. The van der Waals surface area contributed by atoms with Gasteiger partial charge < -0.3 is 5.32 Å². The maximum atomic E-state index is 4.22. The molecule has 1 rings (SSSR count). The van der Waals surface area contributed by atoms with E-state index in [0.717, 1.165) is 11.7 Å². The highest BCUT2D eigenvalue weighted by molar-refractivity contribution is 7.80. The molecule has 1 heterocycles. The fourth-order valence-corrected chi connectivity index (χ4v) is 1.39. The molecule has 0 aromatic heterocycles. The summed E-state index contributed by atoms with van der Waals surface area (Å²) in [6.45, 7) is 2.40. The van der Waals surface area contributed by atoms with Gasteiger partial charge in [0, 0.05) is 0 Å². The lowest BCUT2D eigenvalue weighted by molar-refractivity contribution is 0.411. The first-order valence-electron chi connectivity index (χ1n) is 3.25. The number of piperidine rings is 1. The van der Waals surface area contributed by atoms with Crippen molar-refractivity contribution in [3.8, 4) is 0 Å². The molecule has 0 radical (unpaired) electrons. The van der Waals surface area contributed by atoms with Gasteiger partial charge in [-0.15, -0.1) is 12.4 Å². The smallest absolute Gasteiger partial charge is 0.00127 e. The lowest BCUT2D eigenvalue weighted by atomic mass is 10.0. The first-order valence-corrected chi connectivity index (χ1v) is 3.88. The molecule has 0 spiro atoms. The average Bonchev–Trinajstić information content (AvgIpc) is 1.90. The van der Waals surface area contributed by atoms with Crippen molar-refractivity contribution in [1.29, 1.82) is 0 Å². The van der Waals surface area contributed by atoms with E-state index < -0.39 is 0 Å². The summed E-state index contributed by atoms with van der Waals surface area (Å²) in [4.78, 5) is 0. The summed E-state index contributed by atoms with van der Waals surface area (Å²) in [6.07, 6.45) is 2.71. The molecule has 1 aliphatic rings. The van der Waals surface area contributed by atoms with Crippen LogP contribution < -0.4 is 5.32 Å². The Morgan fingerprint density at radius 3 is 2.67 bits per heavy atom. The molecule has 0 aromatic rings. The molecule has 1 saturated heterocycles. The Labute approximate surface area is 68.4 Å². The number of halogens is 1. The largest absolute Gasteiger partial charge is 0.316 e. The van der Waals surface area contributed by atoms with E-state index in [2.05, 4.69) is 17.9 Å². The fourth-order valence-electron chi connectivity index (χ4n) is 1.08. The van der Waals surface area contributed by atoms with Crippen LogP contribution in [-0.2, 0) is 0 Å². The van der Waals surface area contributed by atoms with E-state index in [1.54, 1.807) is 0 Å². The van der Waals surface area contributed by atoms with Crippen molar-refractivity contribution < 1.29 is 0 Å². The van der Waals surface area contributed by atoms with Gasteiger partial charge in [0.15, 0.2) is 0 Å². The van der Waals surface area contributed by atoms with E-state index in [4.69, 9.17) is 0 Å². The van der Waals surface area contributed by atoms with Crippen LogP contribution in [0.2, 0.25) is 0 Å². The van der Waals surface area contributed by atoms with Crippen molar-refractivity contribution >= 4 is 25.0 Å². The van der Waals surface area contributed by atoms with Crippen LogP contribution >= 0.6 is 25.0 Å². The quantitative estimate of drug-likeness (QED) is 0.562. The minimum atomic E-state index is 0. The van der Waals surface area contributed by atoms with E-state index >= 15 is 0 Å². The minimum absolute atomic E-state index is 0. The molecule has 1 N–H and O–H groups in total. The van der Waals surface area contributed by atoms with Gasteiger partial charge in [0.05, 0.1) is 0 Å². The van der Waals surface area contributed by atoms with E-state index in [0.29, 0.717) is 0 Å². The predicted molar refractivity (Wildman–Crippen MR) is 46.7 cm³/mol. The van der Waals surface area contributed by atoms with Crippen LogP contribution in [0.4, 0.5) is 0 Å². The summed E-state index contributed by atoms with van der Waals surface area (Å²) >= 11 is 4.22. The second-order valence-electron chi connectivity index (χ2n) is 2.39. The second kappa shape index (κ2) is 5.39. The van der Waals surface area contributed by atoms with E-state index in [1.165, 1.54) is 25.9 Å². The van der Waals surface area contributed by atoms with Crippen molar-refractivity contribution in [2.24, 2.45) is 5.92 Å². The highest BCUT2D eigenvalue weighted by Crippen LogP contribution is 2.09. The van der Waals surface area contributed by atoms with Gasteiger partial charge in [-0.25, -0.2) is 0 Å². The molecule has 0 bridgehead atoms. The summed E-state index contributed by atoms with van der Waals surface area (Å²) in [5.41, 5.74) is 0. The molecule has 0 unspecified atom stereocenters. The zero-order valence-corrected chi connectivity index (χ0v) is 7.18. The monoisotopic (exact) mass is 167 g/mol. The Bertz CT molecular complexity index is 64.1. The first kappa shape index (κ1) is 9.60. The summed E-state index contributed by atoms with van der Waals surface area (Å²) in [7, 11) is 0. The van der Waals surface area contributed by atoms with Crippen LogP contribution in [0.25, 0.3) is 0 Å². The third-order valence-electron chi connectivity index (χ3n) is 1.66. The molecule has 1 aliphatic heterocycles. The highest BCUT2D eigenvalue weighted by atomic mass is 35.5. The summed E-state index contributed by atoms with van der Waals surface area (Å²) in [5, 5.41) is 3.34. The molecular formula is C6H14ClNS. The molecule has 56 valence electrons. The Hall–Kier alpha value is 0.600. The molecule has 1 nitrogen and oxygen atoms in total. The Balaban J connectivity index is 0.000000640. The van der Waals surface area contributed by atoms with Crippen molar-refractivity contribution in [3.63, 3.8) is 0 Å². The van der Waals surface area contributed by atoms with Crippen LogP contribution in [0.1, 0.15) is 12.8 Å². The summed E-state index contributed by atoms with van der Waals surface area (Å²) in [5.74, 6) is 1.89. The Kier molecular flexibility index (Phi) is 5.75. The minimum Gasteiger partial charge on any atom is -0.316 e. The summed E-state index contributed by atoms with van der Waals surface area (Å²) in [6, 6.07) is 0. The van der Waals surface area contributed by atoms with Crippen LogP contribution in [0, 0.1) is 5.92 Å². The van der Waals surface area contributed by atoms with Gasteiger partial charge in [-0.3, -0.25) is 0 Å². The van der Waals surface area contributed by atoms with Gasteiger partial charge in [-0.2, -0.15) is 12.6 Å². The van der Waals surface area contributed by atoms with Gasteiger partial charge in [0.25, 0.3) is 0 Å². The molecular weight excluding hydrogens is 154 g/mol.